The summed E-state index contributed by atoms with van der Waals surface area (Å²) in [6.45, 7) is 4.20. The van der Waals surface area contributed by atoms with Crippen LogP contribution in [0.5, 0.6) is 0 Å². The molecule has 144 valence electrons. The molecule has 10 heteroatoms. The second kappa shape index (κ2) is 18.6. The molecule has 0 saturated carbocycles. The molecule has 0 amide bonds. The van der Waals surface area contributed by atoms with E-state index in [9.17, 15) is 8.42 Å². The molecule has 0 unspecified atom stereocenters. The third-order valence-electron chi connectivity index (χ3n) is 3.11. The Morgan fingerprint density at radius 1 is 0.708 bits per heavy atom. The summed E-state index contributed by atoms with van der Waals surface area (Å²) in [5.41, 5.74) is 0. The Morgan fingerprint density at radius 3 is 1.38 bits per heavy atom. The summed E-state index contributed by atoms with van der Waals surface area (Å²) in [6, 6.07) is 0. The normalized spacial score (nSPS) is 11.3. The molecule has 0 fully saturated rings. The SMILES string of the molecule is CCCCCCCCCCCCOS(=O)(=O)CC.O=S(=O)(O)O.[NaH]. The van der Waals surface area contributed by atoms with Gasteiger partial charge < -0.3 is 0 Å². The molecule has 0 heterocycles. The molecule has 7 nitrogen and oxygen atoms in total. The summed E-state index contributed by atoms with van der Waals surface area (Å²) in [6.07, 6.45) is 12.5. The summed E-state index contributed by atoms with van der Waals surface area (Å²) in [4.78, 5) is 0. The van der Waals surface area contributed by atoms with E-state index in [2.05, 4.69) is 6.92 Å². The quantitative estimate of drug-likeness (QED) is 0.211. The van der Waals surface area contributed by atoms with Crippen LogP contribution in [0.3, 0.4) is 0 Å². The van der Waals surface area contributed by atoms with Crippen LogP contribution >= 0.6 is 0 Å². The van der Waals surface area contributed by atoms with E-state index in [1.54, 1.807) is 6.92 Å². The molecular weight excluding hydrogens is 367 g/mol. The van der Waals surface area contributed by atoms with Gasteiger partial charge in [0.1, 0.15) is 0 Å². The van der Waals surface area contributed by atoms with Crippen LogP contribution in [-0.2, 0) is 24.7 Å². The van der Waals surface area contributed by atoms with Crippen molar-refractivity contribution >= 4 is 50.1 Å². The van der Waals surface area contributed by atoms with Crippen LogP contribution in [-0.4, -0.2) is 67.9 Å². The van der Waals surface area contributed by atoms with Crippen LogP contribution < -0.4 is 0 Å². The monoisotopic (exact) mass is 400 g/mol. The fraction of sp³-hybridized carbons (Fsp3) is 1.00. The molecule has 0 aliphatic carbocycles. The van der Waals surface area contributed by atoms with Crippen LogP contribution in [0.2, 0.25) is 0 Å². The van der Waals surface area contributed by atoms with Gasteiger partial charge in [-0.1, -0.05) is 64.7 Å². The second-order valence-electron chi connectivity index (χ2n) is 5.30. The topological polar surface area (TPSA) is 118 Å². The fourth-order valence-electron chi connectivity index (χ4n) is 1.86. The van der Waals surface area contributed by atoms with Crippen molar-refractivity contribution in [3.05, 3.63) is 0 Å². The first kappa shape index (κ1) is 29.5. The maximum absolute atomic E-state index is 11.0. The zero-order valence-electron chi connectivity index (χ0n) is 14.2. The predicted molar refractivity (Wildman–Crippen MR) is 98.6 cm³/mol. The van der Waals surface area contributed by atoms with E-state index in [1.807, 2.05) is 0 Å². The van der Waals surface area contributed by atoms with Gasteiger partial charge >= 0.3 is 40.0 Å². The molecule has 0 spiro atoms. The summed E-state index contributed by atoms with van der Waals surface area (Å²) in [7, 11) is -7.90. The van der Waals surface area contributed by atoms with E-state index < -0.39 is 20.5 Å². The molecule has 0 aliphatic rings. The summed E-state index contributed by atoms with van der Waals surface area (Å²) in [5.74, 6) is 0.0742. The van der Waals surface area contributed by atoms with Crippen LogP contribution in [0.15, 0.2) is 0 Å². The third-order valence-corrected chi connectivity index (χ3v) is 4.35. The molecule has 0 rings (SSSR count). The first-order valence-corrected chi connectivity index (χ1v) is 11.2. The van der Waals surface area contributed by atoms with Crippen molar-refractivity contribution < 1.29 is 30.1 Å². The van der Waals surface area contributed by atoms with E-state index in [0.29, 0.717) is 6.61 Å². The van der Waals surface area contributed by atoms with Gasteiger partial charge in [-0.3, -0.25) is 13.3 Å². The van der Waals surface area contributed by atoms with Crippen molar-refractivity contribution in [3.63, 3.8) is 0 Å². The van der Waals surface area contributed by atoms with Crippen molar-refractivity contribution in [1.29, 1.82) is 0 Å². The van der Waals surface area contributed by atoms with E-state index >= 15 is 0 Å². The van der Waals surface area contributed by atoms with Gasteiger partial charge in [0.25, 0.3) is 10.1 Å². The van der Waals surface area contributed by atoms with Gasteiger partial charge in [-0.25, -0.2) is 0 Å². The van der Waals surface area contributed by atoms with Gasteiger partial charge in [0.05, 0.1) is 12.4 Å². The zero-order chi connectivity index (χ0) is 18.2. The predicted octanol–water partition coefficient (Wildman–Crippen LogP) is 2.97. The van der Waals surface area contributed by atoms with Crippen LogP contribution in [0.4, 0.5) is 0 Å². The first-order valence-electron chi connectivity index (χ1n) is 8.19. The molecular formula is C14H33NaO7S2. The van der Waals surface area contributed by atoms with E-state index in [4.69, 9.17) is 21.7 Å². The van der Waals surface area contributed by atoms with E-state index in [-0.39, 0.29) is 35.3 Å². The summed E-state index contributed by atoms with van der Waals surface area (Å²) < 4.78 is 58.5. The van der Waals surface area contributed by atoms with Gasteiger partial charge in [0, 0.05) is 0 Å². The Morgan fingerprint density at radius 2 is 1.04 bits per heavy atom. The van der Waals surface area contributed by atoms with Gasteiger partial charge in [0.15, 0.2) is 0 Å². The molecule has 24 heavy (non-hydrogen) atoms. The Kier molecular flexibility index (Phi) is 22.9. The number of rotatable bonds is 13. The van der Waals surface area contributed by atoms with Crippen molar-refractivity contribution in [2.75, 3.05) is 12.4 Å². The summed E-state index contributed by atoms with van der Waals surface area (Å²) in [5, 5.41) is 0. The Bertz CT molecular complexity index is 442. The second-order valence-corrected chi connectivity index (χ2v) is 8.12. The Hall–Kier alpha value is 0.780. The fourth-order valence-corrected chi connectivity index (χ4v) is 2.40. The first-order chi connectivity index (χ1) is 10.6. The van der Waals surface area contributed by atoms with Crippen LogP contribution in [0, 0.1) is 0 Å². The van der Waals surface area contributed by atoms with Gasteiger partial charge in [-0.2, -0.15) is 16.8 Å². The zero-order valence-corrected chi connectivity index (χ0v) is 15.9. The van der Waals surface area contributed by atoms with Crippen molar-refractivity contribution in [1.82, 2.24) is 0 Å². The van der Waals surface area contributed by atoms with Gasteiger partial charge in [0.2, 0.25) is 0 Å². The van der Waals surface area contributed by atoms with Crippen molar-refractivity contribution in [2.24, 2.45) is 0 Å². The minimum atomic E-state index is -4.67. The molecule has 0 atom stereocenters. The van der Waals surface area contributed by atoms with Crippen molar-refractivity contribution in [3.8, 4) is 0 Å². The molecule has 2 N–H and O–H groups in total. The van der Waals surface area contributed by atoms with Gasteiger partial charge in [-0.15, -0.1) is 0 Å². The molecule has 0 aromatic heterocycles. The number of hydrogen-bond donors (Lipinski definition) is 2. The summed E-state index contributed by atoms with van der Waals surface area (Å²) >= 11 is 0. The molecule has 0 radical (unpaired) electrons. The molecule has 0 bridgehead atoms. The standard InChI is InChI=1S/C14H30O3S.Na.H2O4S.H/c1-3-5-6-7-8-9-10-11-12-13-14-17-18(15,16)4-2;;1-5(2,3)4;/h3-14H2,1-2H3;;(H2,1,2,3,4);. The molecule has 0 aliphatic heterocycles. The van der Waals surface area contributed by atoms with Crippen molar-refractivity contribution in [2.45, 2.75) is 78.1 Å². The van der Waals surface area contributed by atoms with E-state index in [0.717, 1.165) is 12.8 Å². The van der Waals surface area contributed by atoms with Gasteiger partial charge in [-0.05, 0) is 13.3 Å². The van der Waals surface area contributed by atoms with Crippen LogP contribution in [0.25, 0.3) is 0 Å². The average Bonchev–Trinajstić information content (AvgIpc) is 2.43. The number of hydrogen-bond acceptors (Lipinski definition) is 5. The third kappa shape index (κ3) is 34.2. The van der Waals surface area contributed by atoms with Crippen LogP contribution in [0.1, 0.15) is 78.1 Å². The molecule has 0 aromatic rings. The Balaban J connectivity index is -0.000000639. The maximum atomic E-state index is 11.0. The minimum absolute atomic E-state index is 0. The molecule has 0 aromatic carbocycles. The molecule has 0 saturated heterocycles. The average molecular weight is 401 g/mol. The van der Waals surface area contributed by atoms with E-state index in [1.165, 1.54) is 51.4 Å². The number of unbranched alkanes of at least 4 members (excludes halogenated alkanes) is 9. The Labute approximate surface area is 169 Å².